The summed E-state index contributed by atoms with van der Waals surface area (Å²) in [5.41, 5.74) is 1.53. The zero-order chi connectivity index (χ0) is 14.8. The van der Waals surface area contributed by atoms with Crippen LogP contribution in [0.4, 0.5) is 0 Å². The number of aryl methyl sites for hydroxylation is 2. The number of rotatable bonds is 2. The second-order valence-corrected chi connectivity index (χ2v) is 5.07. The molecule has 0 saturated carbocycles. The Labute approximate surface area is 123 Å². The molecule has 1 aromatic heterocycles. The van der Waals surface area contributed by atoms with Crippen molar-refractivity contribution < 1.29 is 9.84 Å². The van der Waals surface area contributed by atoms with Gasteiger partial charge in [0.1, 0.15) is 17.3 Å². The third kappa shape index (κ3) is 2.68. The molecule has 106 valence electrons. The van der Waals surface area contributed by atoms with Gasteiger partial charge in [0.05, 0.1) is 5.69 Å². The van der Waals surface area contributed by atoms with E-state index in [-0.39, 0.29) is 5.75 Å². The molecule has 0 bridgehead atoms. The number of hydrogen-bond acceptors (Lipinski definition) is 3. The third-order valence-corrected chi connectivity index (χ3v) is 3.51. The Morgan fingerprint density at radius 2 is 1.95 bits per heavy atom. The Balaban J connectivity index is 2.00. The predicted octanol–water partition coefficient (Wildman–Crippen LogP) is 4.34. The summed E-state index contributed by atoms with van der Waals surface area (Å²) in [5.74, 6) is 1.80. The fourth-order valence-electron chi connectivity index (χ4n) is 2.42. The first-order valence-corrected chi connectivity index (χ1v) is 6.96. The maximum Gasteiger partial charge on any atom is 0.144 e. The Kier molecular flexibility index (Phi) is 3.48. The van der Waals surface area contributed by atoms with Gasteiger partial charge in [0, 0.05) is 16.5 Å². The minimum atomic E-state index is 0.236. The van der Waals surface area contributed by atoms with Crippen molar-refractivity contribution in [3.05, 3.63) is 65.7 Å². The van der Waals surface area contributed by atoms with Crippen LogP contribution in [0, 0.1) is 13.8 Å². The maximum absolute atomic E-state index is 10.1. The number of allylic oxidation sites excluding steroid dienone is 5. The van der Waals surface area contributed by atoms with Gasteiger partial charge < -0.3 is 9.84 Å². The van der Waals surface area contributed by atoms with Gasteiger partial charge in [-0.3, -0.25) is 4.98 Å². The van der Waals surface area contributed by atoms with E-state index in [1.54, 1.807) is 6.92 Å². The molecule has 2 aromatic rings. The average molecular weight is 279 g/mol. The molecular formula is C18H17NO2. The molecule has 3 nitrogen and oxygen atoms in total. The van der Waals surface area contributed by atoms with E-state index in [0.717, 1.165) is 34.4 Å². The molecule has 0 amide bonds. The number of ether oxygens (including phenoxy) is 1. The first kappa shape index (κ1) is 13.4. The van der Waals surface area contributed by atoms with Crippen molar-refractivity contribution >= 4 is 10.8 Å². The first-order chi connectivity index (χ1) is 10.1. The van der Waals surface area contributed by atoms with E-state index < -0.39 is 0 Å². The Hall–Kier alpha value is -2.55. The highest BCUT2D eigenvalue weighted by molar-refractivity contribution is 5.91. The van der Waals surface area contributed by atoms with Crippen LogP contribution in [0.1, 0.15) is 17.8 Å². The summed E-state index contributed by atoms with van der Waals surface area (Å²) in [6.07, 6.45) is 10.9. The van der Waals surface area contributed by atoms with E-state index in [4.69, 9.17) is 4.74 Å². The highest BCUT2D eigenvalue weighted by Crippen LogP contribution is 2.32. The van der Waals surface area contributed by atoms with Crippen molar-refractivity contribution in [2.24, 2.45) is 0 Å². The topological polar surface area (TPSA) is 42.4 Å². The number of aromatic nitrogens is 1. The summed E-state index contributed by atoms with van der Waals surface area (Å²) >= 11 is 0. The van der Waals surface area contributed by atoms with Crippen LogP contribution in [0.25, 0.3) is 10.8 Å². The largest absolute Gasteiger partial charge is 0.505 e. The summed E-state index contributed by atoms with van der Waals surface area (Å²) in [6.45, 7) is 3.74. The normalized spacial score (nSPS) is 14.1. The van der Waals surface area contributed by atoms with Crippen LogP contribution in [0.2, 0.25) is 0 Å². The lowest BCUT2D eigenvalue weighted by molar-refractivity contribution is 0.443. The van der Waals surface area contributed by atoms with Gasteiger partial charge in [-0.05, 0) is 50.6 Å². The van der Waals surface area contributed by atoms with Crippen LogP contribution in [-0.4, -0.2) is 10.1 Å². The molecule has 0 atom stereocenters. The summed E-state index contributed by atoms with van der Waals surface area (Å²) in [5, 5.41) is 11.8. The highest BCUT2D eigenvalue weighted by Gasteiger charge is 2.09. The van der Waals surface area contributed by atoms with Crippen molar-refractivity contribution in [3.8, 4) is 11.5 Å². The molecule has 0 saturated heterocycles. The average Bonchev–Trinajstić information content (AvgIpc) is 2.74. The highest BCUT2D eigenvalue weighted by atomic mass is 16.5. The molecule has 3 rings (SSSR count). The van der Waals surface area contributed by atoms with Crippen molar-refractivity contribution in [1.82, 2.24) is 4.98 Å². The smallest absolute Gasteiger partial charge is 0.144 e. The van der Waals surface area contributed by atoms with E-state index in [1.165, 1.54) is 0 Å². The standard InChI is InChI=1S/C18H17NO2/c1-12-17-11-15(21-14-7-5-3-4-6-8-14)9-10-16(17)18(20)13(2)19-12/h3-5,7-11,20H,6H2,1-2H3. The van der Waals surface area contributed by atoms with E-state index >= 15 is 0 Å². The predicted molar refractivity (Wildman–Crippen MR) is 84.5 cm³/mol. The first-order valence-electron chi connectivity index (χ1n) is 6.96. The second-order valence-electron chi connectivity index (χ2n) is 5.07. The minimum Gasteiger partial charge on any atom is -0.505 e. The zero-order valence-electron chi connectivity index (χ0n) is 12.1. The lowest BCUT2D eigenvalue weighted by Gasteiger charge is -2.10. The Morgan fingerprint density at radius 3 is 2.81 bits per heavy atom. The van der Waals surface area contributed by atoms with E-state index in [0.29, 0.717) is 5.69 Å². The summed E-state index contributed by atoms with van der Waals surface area (Å²) < 4.78 is 5.89. The molecule has 0 aliphatic heterocycles. The van der Waals surface area contributed by atoms with Crippen molar-refractivity contribution in [3.63, 3.8) is 0 Å². The van der Waals surface area contributed by atoms with Crippen LogP contribution in [0.15, 0.2) is 54.3 Å². The summed E-state index contributed by atoms with van der Waals surface area (Å²) in [7, 11) is 0. The van der Waals surface area contributed by atoms with E-state index in [1.807, 2.05) is 49.4 Å². The summed E-state index contributed by atoms with van der Waals surface area (Å²) in [4.78, 5) is 4.36. The molecule has 0 unspecified atom stereocenters. The lowest BCUT2D eigenvalue weighted by atomic mass is 10.1. The molecule has 0 spiro atoms. The van der Waals surface area contributed by atoms with Gasteiger partial charge in [0.25, 0.3) is 0 Å². The zero-order valence-corrected chi connectivity index (χ0v) is 12.1. The number of aromatic hydroxyl groups is 1. The van der Waals surface area contributed by atoms with Crippen molar-refractivity contribution in [2.75, 3.05) is 0 Å². The molecule has 1 aliphatic carbocycles. The van der Waals surface area contributed by atoms with Crippen molar-refractivity contribution in [1.29, 1.82) is 0 Å². The molecule has 0 radical (unpaired) electrons. The van der Waals surface area contributed by atoms with Gasteiger partial charge in [0.15, 0.2) is 0 Å². The number of hydrogen-bond donors (Lipinski definition) is 1. The lowest BCUT2D eigenvalue weighted by Crippen LogP contribution is -1.94. The molecule has 1 N–H and O–H groups in total. The Bertz CT molecular complexity index is 785. The molecule has 1 aliphatic rings. The molecule has 21 heavy (non-hydrogen) atoms. The fraction of sp³-hybridized carbons (Fsp3) is 0.167. The number of nitrogens with zero attached hydrogens (tertiary/aromatic N) is 1. The summed E-state index contributed by atoms with van der Waals surface area (Å²) in [6, 6.07) is 5.67. The van der Waals surface area contributed by atoms with Gasteiger partial charge in [-0.1, -0.05) is 18.2 Å². The number of pyridine rings is 1. The fourth-order valence-corrected chi connectivity index (χ4v) is 2.42. The SMILES string of the molecule is Cc1nc(C)c2cc(OC3=CCC=CC=C3)ccc2c1O. The van der Waals surface area contributed by atoms with Crippen LogP contribution >= 0.6 is 0 Å². The van der Waals surface area contributed by atoms with Crippen LogP contribution < -0.4 is 4.74 Å². The minimum absolute atomic E-state index is 0.236. The van der Waals surface area contributed by atoms with Crippen LogP contribution in [-0.2, 0) is 0 Å². The van der Waals surface area contributed by atoms with E-state index in [9.17, 15) is 5.11 Å². The van der Waals surface area contributed by atoms with Gasteiger partial charge in [-0.15, -0.1) is 0 Å². The Morgan fingerprint density at radius 1 is 1.10 bits per heavy atom. The van der Waals surface area contributed by atoms with Crippen molar-refractivity contribution in [2.45, 2.75) is 20.3 Å². The number of benzene rings is 1. The van der Waals surface area contributed by atoms with Gasteiger partial charge in [0.2, 0.25) is 0 Å². The van der Waals surface area contributed by atoms with Gasteiger partial charge >= 0.3 is 0 Å². The quantitative estimate of drug-likeness (QED) is 0.889. The molecule has 1 heterocycles. The van der Waals surface area contributed by atoms with Gasteiger partial charge in [-0.2, -0.15) is 0 Å². The van der Waals surface area contributed by atoms with Crippen LogP contribution in [0.5, 0.6) is 11.5 Å². The molecule has 0 fully saturated rings. The number of fused-ring (bicyclic) bond motifs is 1. The van der Waals surface area contributed by atoms with Gasteiger partial charge in [-0.25, -0.2) is 0 Å². The third-order valence-electron chi connectivity index (χ3n) is 3.51. The molecule has 3 heteroatoms. The molecular weight excluding hydrogens is 262 g/mol. The van der Waals surface area contributed by atoms with E-state index in [2.05, 4.69) is 11.1 Å². The maximum atomic E-state index is 10.1. The monoisotopic (exact) mass is 279 g/mol. The molecule has 1 aromatic carbocycles. The van der Waals surface area contributed by atoms with Crippen LogP contribution in [0.3, 0.4) is 0 Å². The second kappa shape index (κ2) is 5.44.